The monoisotopic (exact) mass is 392 g/mol. The lowest BCUT2D eigenvalue weighted by atomic mass is 9.97. The predicted molar refractivity (Wildman–Crippen MR) is 94.6 cm³/mol. The van der Waals surface area contributed by atoms with Gasteiger partial charge in [0.1, 0.15) is 5.76 Å². The van der Waals surface area contributed by atoms with Crippen molar-refractivity contribution in [2.45, 2.75) is 24.3 Å². The second kappa shape index (κ2) is 7.24. The summed E-state index contributed by atoms with van der Waals surface area (Å²) in [6, 6.07) is 8.16. The molecule has 0 unspecified atom stereocenters. The summed E-state index contributed by atoms with van der Waals surface area (Å²) in [6.45, 7) is 1.03. The van der Waals surface area contributed by atoms with E-state index in [0.717, 1.165) is 0 Å². The summed E-state index contributed by atoms with van der Waals surface area (Å²) >= 11 is 0. The average molecular weight is 392 g/mol. The summed E-state index contributed by atoms with van der Waals surface area (Å²) in [6.07, 6.45) is 2.52. The molecule has 0 spiro atoms. The molecule has 9 heteroatoms. The SMILES string of the molecule is O=C(NCc1ccco1)C1CCN(S(=O)(=O)c2ccc3c(c2)OCO3)CC1. The van der Waals surface area contributed by atoms with Gasteiger partial charge in [-0.3, -0.25) is 4.79 Å². The van der Waals surface area contributed by atoms with Crippen molar-refractivity contribution in [3.63, 3.8) is 0 Å². The van der Waals surface area contributed by atoms with E-state index in [1.165, 1.54) is 16.4 Å². The molecule has 2 aromatic rings. The van der Waals surface area contributed by atoms with Crippen LogP contribution in [-0.2, 0) is 21.4 Å². The van der Waals surface area contributed by atoms with E-state index < -0.39 is 10.0 Å². The van der Waals surface area contributed by atoms with E-state index in [4.69, 9.17) is 13.9 Å². The van der Waals surface area contributed by atoms with Crippen LogP contribution in [0.5, 0.6) is 11.5 Å². The molecule has 1 amide bonds. The third kappa shape index (κ3) is 3.65. The number of amides is 1. The first-order valence-corrected chi connectivity index (χ1v) is 10.2. The van der Waals surface area contributed by atoms with Gasteiger partial charge in [0.2, 0.25) is 22.7 Å². The summed E-state index contributed by atoms with van der Waals surface area (Å²) in [7, 11) is -3.63. The van der Waals surface area contributed by atoms with Crippen molar-refractivity contribution < 1.29 is 27.1 Å². The van der Waals surface area contributed by atoms with E-state index in [0.29, 0.717) is 49.7 Å². The minimum Gasteiger partial charge on any atom is -0.467 e. The molecule has 2 aliphatic heterocycles. The van der Waals surface area contributed by atoms with Crippen molar-refractivity contribution in [2.24, 2.45) is 5.92 Å². The number of hydrogen-bond donors (Lipinski definition) is 1. The Morgan fingerprint density at radius 1 is 1.15 bits per heavy atom. The largest absolute Gasteiger partial charge is 0.467 e. The van der Waals surface area contributed by atoms with Crippen LogP contribution in [0.4, 0.5) is 0 Å². The quantitative estimate of drug-likeness (QED) is 0.832. The zero-order chi connectivity index (χ0) is 18.9. The lowest BCUT2D eigenvalue weighted by Crippen LogP contribution is -2.42. The number of benzene rings is 1. The van der Waals surface area contributed by atoms with Gasteiger partial charge in [0.15, 0.2) is 11.5 Å². The number of fused-ring (bicyclic) bond motifs is 1. The van der Waals surface area contributed by atoms with Gasteiger partial charge in [-0.05, 0) is 37.1 Å². The number of sulfonamides is 1. The molecular formula is C18H20N2O6S. The zero-order valence-corrected chi connectivity index (χ0v) is 15.4. The average Bonchev–Trinajstić information content (AvgIpc) is 3.37. The molecule has 1 saturated heterocycles. The molecule has 27 heavy (non-hydrogen) atoms. The number of nitrogens with one attached hydrogen (secondary N) is 1. The van der Waals surface area contributed by atoms with Crippen molar-refractivity contribution in [1.29, 1.82) is 0 Å². The summed E-state index contributed by atoms with van der Waals surface area (Å²) in [5, 5.41) is 2.84. The van der Waals surface area contributed by atoms with E-state index in [9.17, 15) is 13.2 Å². The molecule has 1 aromatic carbocycles. The predicted octanol–water partition coefficient (Wildman–Crippen LogP) is 1.73. The number of hydrogen-bond acceptors (Lipinski definition) is 6. The number of carbonyl (C=O) groups is 1. The molecule has 3 heterocycles. The Morgan fingerprint density at radius 2 is 1.93 bits per heavy atom. The van der Waals surface area contributed by atoms with Gasteiger partial charge in [-0.15, -0.1) is 0 Å². The van der Waals surface area contributed by atoms with Crippen molar-refractivity contribution >= 4 is 15.9 Å². The van der Waals surface area contributed by atoms with Crippen LogP contribution >= 0.6 is 0 Å². The van der Waals surface area contributed by atoms with E-state index >= 15 is 0 Å². The highest BCUT2D eigenvalue weighted by molar-refractivity contribution is 7.89. The van der Waals surface area contributed by atoms with Crippen LogP contribution in [0.1, 0.15) is 18.6 Å². The number of furan rings is 1. The number of carbonyl (C=O) groups excluding carboxylic acids is 1. The second-order valence-electron chi connectivity index (χ2n) is 6.49. The fourth-order valence-corrected chi connectivity index (χ4v) is 4.76. The first-order chi connectivity index (χ1) is 13.0. The summed E-state index contributed by atoms with van der Waals surface area (Å²) in [5.74, 6) is 1.38. The molecule has 144 valence electrons. The smallest absolute Gasteiger partial charge is 0.243 e. The van der Waals surface area contributed by atoms with Crippen LogP contribution in [0.15, 0.2) is 45.9 Å². The lowest BCUT2D eigenvalue weighted by molar-refractivity contribution is -0.126. The van der Waals surface area contributed by atoms with Gasteiger partial charge in [-0.25, -0.2) is 8.42 Å². The van der Waals surface area contributed by atoms with Crippen molar-refractivity contribution in [3.05, 3.63) is 42.4 Å². The highest BCUT2D eigenvalue weighted by Crippen LogP contribution is 2.35. The van der Waals surface area contributed by atoms with Crippen LogP contribution in [-0.4, -0.2) is 38.5 Å². The molecule has 4 rings (SSSR count). The Morgan fingerprint density at radius 3 is 2.67 bits per heavy atom. The number of piperidine rings is 1. The molecule has 1 fully saturated rings. The third-order valence-corrected chi connectivity index (χ3v) is 6.72. The van der Waals surface area contributed by atoms with E-state index in [2.05, 4.69) is 5.32 Å². The Balaban J connectivity index is 1.36. The molecule has 1 aromatic heterocycles. The molecule has 0 radical (unpaired) electrons. The summed E-state index contributed by atoms with van der Waals surface area (Å²) < 4.78 is 42.8. The van der Waals surface area contributed by atoms with Crippen LogP contribution in [0.2, 0.25) is 0 Å². The van der Waals surface area contributed by atoms with Gasteiger partial charge >= 0.3 is 0 Å². The van der Waals surface area contributed by atoms with Crippen molar-refractivity contribution in [2.75, 3.05) is 19.9 Å². The topological polar surface area (TPSA) is 98.1 Å². The van der Waals surface area contributed by atoms with Crippen LogP contribution in [0, 0.1) is 5.92 Å². The zero-order valence-electron chi connectivity index (χ0n) is 14.6. The molecule has 2 aliphatic rings. The first-order valence-electron chi connectivity index (χ1n) is 8.74. The van der Waals surface area contributed by atoms with Crippen molar-refractivity contribution in [3.8, 4) is 11.5 Å². The van der Waals surface area contributed by atoms with Gasteiger partial charge in [0, 0.05) is 25.1 Å². The highest BCUT2D eigenvalue weighted by atomic mass is 32.2. The van der Waals surface area contributed by atoms with Crippen LogP contribution < -0.4 is 14.8 Å². The fourth-order valence-electron chi connectivity index (χ4n) is 3.28. The van der Waals surface area contributed by atoms with Gasteiger partial charge in [0.25, 0.3) is 0 Å². The van der Waals surface area contributed by atoms with E-state index in [1.54, 1.807) is 24.5 Å². The van der Waals surface area contributed by atoms with E-state index in [-0.39, 0.29) is 23.5 Å². The third-order valence-electron chi connectivity index (χ3n) is 4.82. The normalized spacial score (nSPS) is 17.8. The molecule has 1 N–H and O–H groups in total. The molecule has 0 saturated carbocycles. The van der Waals surface area contributed by atoms with Gasteiger partial charge in [-0.1, -0.05) is 0 Å². The van der Waals surface area contributed by atoms with Crippen LogP contribution in [0.3, 0.4) is 0 Å². The molecule has 0 bridgehead atoms. The molecule has 8 nitrogen and oxygen atoms in total. The Kier molecular flexibility index (Phi) is 4.79. The first kappa shape index (κ1) is 17.9. The summed E-state index contributed by atoms with van der Waals surface area (Å²) in [5.41, 5.74) is 0. The minimum atomic E-state index is -3.63. The van der Waals surface area contributed by atoms with Gasteiger partial charge < -0.3 is 19.2 Å². The fraction of sp³-hybridized carbons (Fsp3) is 0.389. The lowest BCUT2D eigenvalue weighted by Gasteiger charge is -2.30. The number of rotatable bonds is 5. The maximum Gasteiger partial charge on any atom is 0.243 e. The van der Waals surface area contributed by atoms with Crippen molar-refractivity contribution in [1.82, 2.24) is 9.62 Å². The standard InChI is InChI=1S/C18H20N2O6S/c21-18(19-11-14-2-1-9-24-14)13-5-7-20(8-6-13)27(22,23)15-3-4-16-17(10-15)26-12-25-16/h1-4,9-10,13H,5-8,11-12H2,(H,19,21). The van der Waals surface area contributed by atoms with Gasteiger partial charge in [0.05, 0.1) is 17.7 Å². The Bertz CT molecular complexity index is 917. The maximum atomic E-state index is 12.9. The summed E-state index contributed by atoms with van der Waals surface area (Å²) in [4.78, 5) is 12.5. The number of nitrogens with zero attached hydrogens (tertiary/aromatic N) is 1. The van der Waals surface area contributed by atoms with Gasteiger partial charge in [-0.2, -0.15) is 4.31 Å². The van der Waals surface area contributed by atoms with E-state index in [1.807, 2.05) is 0 Å². The minimum absolute atomic E-state index is 0.0773. The molecule has 0 atom stereocenters. The molecular weight excluding hydrogens is 372 g/mol. The maximum absolute atomic E-state index is 12.9. The highest BCUT2D eigenvalue weighted by Gasteiger charge is 2.33. The Labute approximate surface area is 157 Å². The Hall–Kier alpha value is -2.52. The molecule has 0 aliphatic carbocycles. The number of ether oxygens (including phenoxy) is 2. The second-order valence-corrected chi connectivity index (χ2v) is 8.43. The van der Waals surface area contributed by atoms with Crippen LogP contribution in [0.25, 0.3) is 0 Å².